The minimum Gasteiger partial charge on any atom is -0.497 e. The molecule has 0 saturated carbocycles. The zero-order valence-corrected chi connectivity index (χ0v) is 19.1. The first-order valence-corrected chi connectivity index (χ1v) is 11.0. The van der Waals surface area contributed by atoms with E-state index in [2.05, 4.69) is 26.2 Å². The van der Waals surface area contributed by atoms with Crippen LogP contribution in [0.5, 0.6) is 5.75 Å². The van der Waals surface area contributed by atoms with Crippen molar-refractivity contribution in [2.24, 2.45) is 0 Å². The van der Waals surface area contributed by atoms with E-state index in [1.807, 2.05) is 60.7 Å². The number of carbonyl (C=O) groups excluding carboxylic acids is 1. The summed E-state index contributed by atoms with van der Waals surface area (Å²) in [6, 6.07) is 22.5. The van der Waals surface area contributed by atoms with Crippen LogP contribution in [0.25, 0.3) is 10.9 Å². The molecule has 1 N–H and O–H groups in total. The third-order valence-corrected chi connectivity index (χ3v) is 5.75. The van der Waals surface area contributed by atoms with Gasteiger partial charge in [-0.05, 0) is 41.5 Å². The molecule has 0 spiro atoms. The summed E-state index contributed by atoms with van der Waals surface area (Å²) in [6.07, 6.45) is 1.64. The number of benzene rings is 3. The van der Waals surface area contributed by atoms with Crippen molar-refractivity contribution in [3.05, 3.63) is 105 Å². The van der Waals surface area contributed by atoms with Crippen molar-refractivity contribution in [1.82, 2.24) is 14.9 Å². The smallest absolute Gasteiger partial charge is 0.261 e. The summed E-state index contributed by atoms with van der Waals surface area (Å²) in [4.78, 5) is 30.0. The summed E-state index contributed by atoms with van der Waals surface area (Å²) in [5.74, 6) is 0.595. The standard InChI is InChI=1S/C25H22BrN3O3/c1-32-20-10-7-18(8-11-20)24(17-5-3-2-4-6-17)28-23(30)13-14-29-16-27-22-12-9-19(26)15-21(22)25(29)31/h2-12,15-16,24H,13-14H2,1H3,(H,28,30). The quantitative estimate of drug-likeness (QED) is 0.414. The van der Waals surface area contributed by atoms with Crippen LogP contribution < -0.4 is 15.6 Å². The van der Waals surface area contributed by atoms with Crippen LogP contribution in [-0.4, -0.2) is 22.6 Å². The molecular formula is C25H22BrN3O3. The predicted molar refractivity (Wildman–Crippen MR) is 128 cm³/mol. The van der Waals surface area contributed by atoms with Crippen LogP contribution in [0.3, 0.4) is 0 Å². The monoisotopic (exact) mass is 491 g/mol. The number of carbonyl (C=O) groups is 1. The van der Waals surface area contributed by atoms with Gasteiger partial charge in [-0.15, -0.1) is 0 Å². The molecule has 7 heteroatoms. The van der Waals surface area contributed by atoms with E-state index in [9.17, 15) is 9.59 Å². The van der Waals surface area contributed by atoms with Gasteiger partial charge in [-0.3, -0.25) is 14.2 Å². The Morgan fingerprint density at radius 2 is 1.78 bits per heavy atom. The number of rotatable bonds is 7. The lowest BCUT2D eigenvalue weighted by Crippen LogP contribution is -2.31. The van der Waals surface area contributed by atoms with E-state index in [-0.39, 0.29) is 30.5 Å². The Morgan fingerprint density at radius 3 is 2.50 bits per heavy atom. The molecule has 0 radical (unpaired) electrons. The SMILES string of the molecule is COc1ccc(C(NC(=O)CCn2cnc3ccc(Br)cc3c2=O)c2ccccc2)cc1. The average Bonchev–Trinajstić information content (AvgIpc) is 2.83. The Morgan fingerprint density at radius 1 is 1.06 bits per heavy atom. The molecule has 0 aliphatic heterocycles. The van der Waals surface area contributed by atoms with Gasteiger partial charge in [0.05, 0.1) is 30.4 Å². The largest absolute Gasteiger partial charge is 0.497 e. The number of nitrogens with zero attached hydrogens (tertiary/aromatic N) is 2. The van der Waals surface area contributed by atoms with Gasteiger partial charge >= 0.3 is 0 Å². The van der Waals surface area contributed by atoms with Crippen LogP contribution in [0.4, 0.5) is 0 Å². The van der Waals surface area contributed by atoms with E-state index >= 15 is 0 Å². The van der Waals surface area contributed by atoms with Crippen molar-refractivity contribution < 1.29 is 9.53 Å². The van der Waals surface area contributed by atoms with Gasteiger partial charge in [-0.25, -0.2) is 4.98 Å². The average molecular weight is 492 g/mol. The van der Waals surface area contributed by atoms with Crippen molar-refractivity contribution in [1.29, 1.82) is 0 Å². The van der Waals surface area contributed by atoms with Crippen LogP contribution in [0.15, 0.2) is 88.4 Å². The second-order valence-electron chi connectivity index (χ2n) is 7.34. The van der Waals surface area contributed by atoms with Gasteiger partial charge in [0, 0.05) is 17.4 Å². The number of methoxy groups -OCH3 is 1. The van der Waals surface area contributed by atoms with Gasteiger partial charge in [-0.2, -0.15) is 0 Å². The highest BCUT2D eigenvalue weighted by atomic mass is 79.9. The molecule has 4 rings (SSSR count). The molecule has 1 unspecified atom stereocenters. The van der Waals surface area contributed by atoms with Gasteiger partial charge in [0.2, 0.25) is 5.91 Å². The third-order valence-electron chi connectivity index (χ3n) is 5.25. The van der Waals surface area contributed by atoms with E-state index in [4.69, 9.17) is 4.74 Å². The van der Waals surface area contributed by atoms with Crippen molar-refractivity contribution in [3.8, 4) is 5.75 Å². The molecule has 1 aromatic heterocycles. The molecule has 4 aromatic rings. The topological polar surface area (TPSA) is 73.2 Å². The fourth-order valence-electron chi connectivity index (χ4n) is 3.55. The zero-order chi connectivity index (χ0) is 22.5. The Balaban J connectivity index is 1.52. The van der Waals surface area contributed by atoms with Crippen LogP contribution in [0.1, 0.15) is 23.6 Å². The molecule has 0 aliphatic rings. The molecule has 6 nitrogen and oxygen atoms in total. The van der Waals surface area contributed by atoms with Gasteiger partial charge in [0.25, 0.3) is 5.56 Å². The van der Waals surface area contributed by atoms with Crippen LogP contribution in [-0.2, 0) is 11.3 Å². The molecule has 1 atom stereocenters. The maximum atomic E-state index is 12.8. The van der Waals surface area contributed by atoms with Crippen molar-refractivity contribution in [2.45, 2.75) is 19.0 Å². The molecule has 32 heavy (non-hydrogen) atoms. The van der Waals surface area contributed by atoms with Crippen molar-refractivity contribution in [3.63, 3.8) is 0 Å². The van der Waals surface area contributed by atoms with E-state index in [1.165, 1.54) is 10.9 Å². The Kier molecular flexibility index (Phi) is 6.66. The highest BCUT2D eigenvalue weighted by molar-refractivity contribution is 9.10. The molecular weight excluding hydrogens is 470 g/mol. The van der Waals surface area contributed by atoms with Gasteiger partial charge in [0.1, 0.15) is 5.75 Å². The summed E-state index contributed by atoms with van der Waals surface area (Å²) < 4.78 is 7.53. The van der Waals surface area contributed by atoms with E-state index in [1.54, 1.807) is 19.2 Å². The summed E-state index contributed by atoms with van der Waals surface area (Å²) >= 11 is 3.39. The summed E-state index contributed by atoms with van der Waals surface area (Å²) in [5, 5.41) is 3.62. The Bertz CT molecular complexity index is 1290. The minimum absolute atomic E-state index is 0.153. The van der Waals surface area contributed by atoms with Gasteiger partial charge in [0.15, 0.2) is 0 Å². The first kappa shape index (κ1) is 21.8. The molecule has 1 heterocycles. The highest BCUT2D eigenvalue weighted by Crippen LogP contribution is 2.24. The fraction of sp³-hybridized carbons (Fsp3) is 0.160. The molecule has 0 saturated heterocycles. The molecule has 0 aliphatic carbocycles. The predicted octanol–water partition coefficient (Wildman–Crippen LogP) is 4.46. The number of halogens is 1. The number of ether oxygens (including phenoxy) is 1. The van der Waals surface area contributed by atoms with Crippen LogP contribution in [0, 0.1) is 0 Å². The maximum absolute atomic E-state index is 12.8. The first-order chi connectivity index (χ1) is 15.5. The molecule has 1 amide bonds. The number of aryl methyl sites for hydroxylation is 1. The maximum Gasteiger partial charge on any atom is 0.261 e. The third kappa shape index (κ3) is 4.89. The number of hydrogen-bond acceptors (Lipinski definition) is 4. The summed E-state index contributed by atoms with van der Waals surface area (Å²) in [5.41, 5.74) is 2.38. The van der Waals surface area contributed by atoms with Crippen LogP contribution >= 0.6 is 15.9 Å². The number of fused-ring (bicyclic) bond motifs is 1. The molecule has 0 bridgehead atoms. The van der Waals surface area contributed by atoms with Crippen molar-refractivity contribution >= 4 is 32.7 Å². The van der Waals surface area contributed by atoms with E-state index < -0.39 is 0 Å². The number of hydrogen-bond donors (Lipinski definition) is 1. The van der Waals surface area contributed by atoms with Gasteiger partial charge < -0.3 is 10.1 Å². The minimum atomic E-state index is -0.308. The zero-order valence-electron chi connectivity index (χ0n) is 17.5. The lowest BCUT2D eigenvalue weighted by atomic mass is 9.98. The Labute approximate surface area is 194 Å². The van der Waals surface area contributed by atoms with Crippen molar-refractivity contribution in [2.75, 3.05) is 7.11 Å². The first-order valence-electron chi connectivity index (χ1n) is 10.2. The van der Waals surface area contributed by atoms with Gasteiger partial charge in [-0.1, -0.05) is 58.4 Å². The fourth-order valence-corrected chi connectivity index (χ4v) is 3.91. The van der Waals surface area contributed by atoms with Crippen LogP contribution in [0.2, 0.25) is 0 Å². The molecule has 0 fully saturated rings. The number of aromatic nitrogens is 2. The van der Waals surface area contributed by atoms with E-state index in [0.29, 0.717) is 10.9 Å². The second kappa shape index (κ2) is 9.78. The highest BCUT2D eigenvalue weighted by Gasteiger charge is 2.17. The number of amides is 1. The van der Waals surface area contributed by atoms with E-state index in [0.717, 1.165) is 21.3 Å². The Hall–Kier alpha value is -3.45. The lowest BCUT2D eigenvalue weighted by molar-refractivity contribution is -0.121. The number of nitrogens with one attached hydrogen (secondary N) is 1. The lowest BCUT2D eigenvalue weighted by Gasteiger charge is -2.20. The molecule has 162 valence electrons. The normalized spacial score (nSPS) is 11.8. The summed E-state index contributed by atoms with van der Waals surface area (Å²) in [7, 11) is 1.62. The summed E-state index contributed by atoms with van der Waals surface area (Å²) in [6.45, 7) is 0.240. The second-order valence-corrected chi connectivity index (χ2v) is 8.25. The molecule has 3 aromatic carbocycles.